The van der Waals surface area contributed by atoms with Crippen molar-refractivity contribution in [2.45, 2.75) is 33.4 Å². The average molecular weight is 595 g/mol. The van der Waals surface area contributed by atoms with Crippen molar-refractivity contribution in [3.05, 3.63) is 111 Å². The fraction of sp³-hybridized carbons (Fsp3) is 0.235. The second-order valence-electron chi connectivity index (χ2n) is 11.1. The summed E-state index contributed by atoms with van der Waals surface area (Å²) in [6.07, 6.45) is 3.32. The number of carbonyl (C=O) groups excluding carboxylic acids is 2. The van der Waals surface area contributed by atoms with E-state index in [-0.39, 0.29) is 29.9 Å². The molecule has 9 nitrogen and oxygen atoms in total. The number of nitrogens with one attached hydrogen (secondary N) is 2. The maximum atomic E-state index is 14.0. The lowest BCUT2D eigenvalue weighted by Crippen LogP contribution is -2.38. The monoisotopic (exact) mass is 594 g/mol. The van der Waals surface area contributed by atoms with Gasteiger partial charge in [0, 0.05) is 42.5 Å². The molecule has 44 heavy (non-hydrogen) atoms. The zero-order valence-corrected chi connectivity index (χ0v) is 25.6. The predicted octanol–water partition coefficient (Wildman–Crippen LogP) is 4.91. The van der Waals surface area contributed by atoms with Crippen molar-refractivity contribution in [2.75, 3.05) is 26.5 Å². The standard InChI is InChI=1S/C34H35FN6O3/c1-20-10-11-24(33(43)39(5)6)15-28(20)31-37-17-29(38-32(42)22(3)36-4)34(44)41(31)19-23-8-7-9-26(14-23)40-18-21(2)27-16-25(35)12-13-30(27)40/h7-18,22,36H,19H2,1-6H3,(H,38,42). The topological polar surface area (TPSA) is 101 Å². The van der Waals surface area contributed by atoms with Crippen molar-refractivity contribution in [3.63, 3.8) is 0 Å². The lowest BCUT2D eigenvalue weighted by atomic mass is 10.0. The Balaban J connectivity index is 1.64. The molecule has 0 saturated carbocycles. The molecule has 2 heterocycles. The molecule has 1 unspecified atom stereocenters. The van der Waals surface area contributed by atoms with Crippen molar-refractivity contribution in [1.82, 2.24) is 24.3 Å². The Morgan fingerprint density at radius 2 is 1.80 bits per heavy atom. The summed E-state index contributed by atoms with van der Waals surface area (Å²) in [5.74, 6) is -0.474. The van der Waals surface area contributed by atoms with Crippen LogP contribution in [0.4, 0.5) is 10.1 Å². The second-order valence-corrected chi connectivity index (χ2v) is 11.1. The largest absolute Gasteiger partial charge is 0.345 e. The Hall–Kier alpha value is -5.09. The molecule has 0 spiro atoms. The molecular formula is C34H35FN6O3. The van der Waals surface area contributed by atoms with Gasteiger partial charge in [0.1, 0.15) is 17.3 Å². The van der Waals surface area contributed by atoms with Gasteiger partial charge >= 0.3 is 0 Å². The molecule has 226 valence electrons. The number of aromatic nitrogens is 3. The van der Waals surface area contributed by atoms with Crippen molar-refractivity contribution in [3.8, 4) is 17.1 Å². The maximum Gasteiger partial charge on any atom is 0.277 e. The molecular weight excluding hydrogens is 559 g/mol. The van der Waals surface area contributed by atoms with Gasteiger partial charge in [0.2, 0.25) is 5.91 Å². The van der Waals surface area contributed by atoms with E-state index < -0.39 is 11.6 Å². The Morgan fingerprint density at radius 1 is 1.02 bits per heavy atom. The third-order valence-corrected chi connectivity index (χ3v) is 7.76. The highest BCUT2D eigenvalue weighted by atomic mass is 19.1. The van der Waals surface area contributed by atoms with Gasteiger partial charge in [-0.1, -0.05) is 18.2 Å². The number of rotatable bonds is 8. The fourth-order valence-electron chi connectivity index (χ4n) is 5.13. The normalized spacial score (nSPS) is 11.9. The van der Waals surface area contributed by atoms with E-state index in [0.29, 0.717) is 17.0 Å². The highest BCUT2D eigenvalue weighted by molar-refractivity contribution is 5.96. The van der Waals surface area contributed by atoms with Gasteiger partial charge in [0.25, 0.3) is 11.5 Å². The molecule has 0 radical (unpaired) electrons. The molecule has 2 aromatic heterocycles. The lowest BCUT2D eigenvalue weighted by Gasteiger charge is -2.18. The van der Waals surface area contributed by atoms with Crippen LogP contribution in [0.15, 0.2) is 77.9 Å². The van der Waals surface area contributed by atoms with Gasteiger partial charge in [-0.15, -0.1) is 0 Å². The predicted molar refractivity (Wildman–Crippen MR) is 171 cm³/mol. The number of nitrogens with zero attached hydrogens (tertiary/aromatic N) is 4. The quantitative estimate of drug-likeness (QED) is 0.266. The number of amides is 2. The van der Waals surface area contributed by atoms with Crippen molar-refractivity contribution < 1.29 is 14.0 Å². The van der Waals surface area contributed by atoms with Crippen LogP contribution < -0.4 is 16.2 Å². The van der Waals surface area contributed by atoms with Gasteiger partial charge in [-0.3, -0.25) is 19.0 Å². The van der Waals surface area contributed by atoms with E-state index >= 15 is 0 Å². The summed E-state index contributed by atoms with van der Waals surface area (Å²) >= 11 is 0. The zero-order chi connectivity index (χ0) is 31.7. The first-order chi connectivity index (χ1) is 21.0. The summed E-state index contributed by atoms with van der Waals surface area (Å²) in [5, 5.41) is 6.38. The first kappa shape index (κ1) is 30.4. The van der Waals surface area contributed by atoms with Crippen molar-refractivity contribution in [1.29, 1.82) is 0 Å². The molecule has 5 aromatic rings. The van der Waals surface area contributed by atoms with Gasteiger partial charge in [-0.25, -0.2) is 9.37 Å². The first-order valence-corrected chi connectivity index (χ1v) is 14.3. The number of fused-ring (bicyclic) bond motifs is 1. The van der Waals surface area contributed by atoms with Gasteiger partial charge in [-0.2, -0.15) is 0 Å². The third-order valence-electron chi connectivity index (χ3n) is 7.76. The Kier molecular flexibility index (Phi) is 8.46. The van der Waals surface area contributed by atoms with E-state index in [2.05, 4.69) is 15.6 Å². The van der Waals surface area contributed by atoms with Crippen LogP contribution in [0, 0.1) is 19.7 Å². The summed E-state index contributed by atoms with van der Waals surface area (Å²) in [4.78, 5) is 45.6. The summed E-state index contributed by atoms with van der Waals surface area (Å²) in [6, 6.07) is 17.2. The summed E-state index contributed by atoms with van der Waals surface area (Å²) in [5.41, 5.74) is 4.98. The molecule has 0 aliphatic carbocycles. The average Bonchev–Trinajstić information content (AvgIpc) is 3.34. The van der Waals surface area contributed by atoms with Crippen LogP contribution in [0.2, 0.25) is 0 Å². The minimum absolute atomic E-state index is 0.0456. The first-order valence-electron chi connectivity index (χ1n) is 14.3. The number of likely N-dealkylation sites (N-methyl/N-ethyl adjacent to an activating group) is 1. The van der Waals surface area contributed by atoms with E-state index in [0.717, 1.165) is 33.3 Å². The van der Waals surface area contributed by atoms with Gasteiger partial charge in [0.15, 0.2) is 0 Å². The number of carbonyl (C=O) groups is 2. The van der Waals surface area contributed by atoms with E-state index in [9.17, 15) is 18.8 Å². The summed E-state index contributed by atoms with van der Waals surface area (Å²) in [6.45, 7) is 5.66. The SMILES string of the molecule is CNC(C)C(=O)Nc1cnc(-c2cc(C(=O)N(C)C)ccc2C)n(Cc2cccc(-n3cc(C)c4cc(F)ccc43)c2)c1=O. The molecule has 5 rings (SSSR count). The Bertz CT molecular complexity index is 1960. The van der Waals surface area contributed by atoms with Crippen LogP contribution in [0.5, 0.6) is 0 Å². The summed E-state index contributed by atoms with van der Waals surface area (Å²) < 4.78 is 17.5. The molecule has 0 saturated heterocycles. The molecule has 1 atom stereocenters. The van der Waals surface area contributed by atoms with Crippen LogP contribution >= 0.6 is 0 Å². The molecule has 2 amide bonds. The van der Waals surface area contributed by atoms with E-state index in [1.165, 1.54) is 27.8 Å². The molecule has 0 bridgehead atoms. The Morgan fingerprint density at radius 3 is 2.52 bits per heavy atom. The van der Waals surface area contributed by atoms with Crippen LogP contribution in [0.3, 0.4) is 0 Å². The van der Waals surface area contributed by atoms with Gasteiger partial charge in [-0.05, 0) is 87.0 Å². The van der Waals surface area contributed by atoms with Gasteiger partial charge < -0.3 is 20.1 Å². The van der Waals surface area contributed by atoms with E-state index in [4.69, 9.17) is 0 Å². The number of benzene rings is 3. The molecule has 0 aliphatic rings. The highest BCUT2D eigenvalue weighted by Crippen LogP contribution is 2.27. The van der Waals surface area contributed by atoms with E-state index in [1.54, 1.807) is 46.3 Å². The van der Waals surface area contributed by atoms with Gasteiger partial charge in [0.05, 0.1) is 24.3 Å². The minimum Gasteiger partial charge on any atom is -0.345 e. The van der Waals surface area contributed by atoms with E-state index in [1.807, 2.05) is 54.9 Å². The second kappa shape index (κ2) is 12.3. The maximum absolute atomic E-state index is 14.0. The fourth-order valence-corrected chi connectivity index (χ4v) is 5.13. The number of aryl methyl sites for hydroxylation is 2. The number of hydrogen-bond donors (Lipinski definition) is 2. The number of anilines is 1. The molecule has 2 N–H and O–H groups in total. The number of halogens is 1. The minimum atomic E-state index is -0.525. The van der Waals surface area contributed by atoms with Crippen LogP contribution in [0.25, 0.3) is 28.0 Å². The van der Waals surface area contributed by atoms with Crippen molar-refractivity contribution >= 4 is 28.4 Å². The zero-order valence-electron chi connectivity index (χ0n) is 25.6. The Labute approximate surface area is 255 Å². The smallest absolute Gasteiger partial charge is 0.277 e. The van der Waals surface area contributed by atoms with Crippen LogP contribution in [-0.2, 0) is 11.3 Å². The lowest BCUT2D eigenvalue weighted by molar-refractivity contribution is -0.117. The summed E-state index contributed by atoms with van der Waals surface area (Å²) in [7, 11) is 5.02. The third kappa shape index (κ3) is 5.89. The van der Waals surface area contributed by atoms with Crippen molar-refractivity contribution in [2.24, 2.45) is 0 Å². The number of hydrogen-bond acceptors (Lipinski definition) is 5. The molecule has 0 fully saturated rings. The van der Waals surface area contributed by atoms with Crippen LogP contribution in [-0.4, -0.2) is 58.0 Å². The molecule has 3 aromatic carbocycles. The highest BCUT2D eigenvalue weighted by Gasteiger charge is 2.20. The molecule has 0 aliphatic heterocycles. The van der Waals surface area contributed by atoms with Crippen LogP contribution in [0.1, 0.15) is 34.0 Å². The molecule has 10 heteroatoms.